The van der Waals surface area contributed by atoms with Gasteiger partial charge < -0.3 is 10.8 Å². The summed E-state index contributed by atoms with van der Waals surface area (Å²) in [5, 5.41) is 8.83. The maximum atomic E-state index is 8.83. The number of hydrogen-bond donors (Lipinski definition) is 2. The molecule has 2 nitrogen and oxygen atoms in total. The van der Waals surface area contributed by atoms with E-state index in [1.807, 2.05) is 0 Å². The lowest BCUT2D eigenvalue weighted by Crippen LogP contribution is -2.30. The molecule has 0 aromatic carbocycles. The summed E-state index contributed by atoms with van der Waals surface area (Å²) in [6, 6.07) is 0.00222. The number of aliphatic hydroxyl groups excluding tert-OH is 1. The molecule has 0 radical (unpaired) electrons. The molecule has 0 saturated heterocycles. The molecule has 1 saturated carbocycles. The Labute approximate surface area is 68.8 Å². The van der Waals surface area contributed by atoms with Crippen LogP contribution in [-0.4, -0.2) is 17.8 Å². The lowest BCUT2D eigenvalue weighted by molar-refractivity contribution is 0.230. The molecule has 2 heteroatoms. The van der Waals surface area contributed by atoms with Gasteiger partial charge in [-0.15, -0.1) is 0 Å². The molecule has 0 spiro atoms. The first kappa shape index (κ1) is 9.01. The molecule has 0 aromatic heterocycles. The van der Waals surface area contributed by atoms with Crippen LogP contribution in [0.3, 0.4) is 0 Å². The highest BCUT2D eigenvalue weighted by atomic mass is 16.3. The van der Waals surface area contributed by atoms with Crippen molar-refractivity contribution in [3.8, 4) is 0 Å². The molecule has 0 aliphatic heterocycles. The van der Waals surface area contributed by atoms with Gasteiger partial charge in [-0.2, -0.15) is 0 Å². The van der Waals surface area contributed by atoms with Gasteiger partial charge in [-0.3, -0.25) is 0 Å². The SMILES string of the molecule is CC(C)C1(C)CC1C(N)CO. The summed E-state index contributed by atoms with van der Waals surface area (Å²) >= 11 is 0. The van der Waals surface area contributed by atoms with Crippen molar-refractivity contribution in [2.24, 2.45) is 23.0 Å². The second kappa shape index (κ2) is 2.76. The van der Waals surface area contributed by atoms with Gasteiger partial charge in [0.2, 0.25) is 0 Å². The molecule has 3 unspecified atom stereocenters. The van der Waals surface area contributed by atoms with Crippen molar-refractivity contribution in [2.75, 3.05) is 6.61 Å². The van der Waals surface area contributed by atoms with Crippen LogP contribution in [0.1, 0.15) is 27.2 Å². The summed E-state index contributed by atoms with van der Waals surface area (Å²) in [4.78, 5) is 0. The van der Waals surface area contributed by atoms with Crippen molar-refractivity contribution in [3.05, 3.63) is 0 Å². The standard InChI is InChI=1S/C9H19NO/c1-6(2)9(3)4-7(9)8(10)5-11/h6-8,11H,4-5,10H2,1-3H3. The fourth-order valence-electron chi connectivity index (χ4n) is 1.85. The summed E-state index contributed by atoms with van der Waals surface area (Å²) in [6.07, 6.45) is 1.19. The molecule has 3 atom stereocenters. The molecule has 1 rings (SSSR count). The zero-order chi connectivity index (χ0) is 8.65. The predicted molar refractivity (Wildman–Crippen MR) is 46.1 cm³/mol. The van der Waals surface area contributed by atoms with E-state index in [9.17, 15) is 0 Å². The van der Waals surface area contributed by atoms with E-state index in [-0.39, 0.29) is 12.6 Å². The van der Waals surface area contributed by atoms with Gasteiger partial charge in [-0.25, -0.2) is 0 Å². The average Bonchev–Trinajstić information content (AvgIpc) is 2.63. The zero-order valence-corrected chi connectivity index (χ0v) is 7.67. The zero-order valence-electron chi connectivity index (χ0n) is 7.67. The van der Waals surface area contributed by atoms with E-state index in [2.05, 4.69) is 20.8 Å². The molecular formula is C9H19NO. The molecule has 1 aliphatic rings. The molecule has 0 aromatic rings. The Hall–Kier alpha value is -0.0800. The van der Waals surface area contributed by atoms with Crippen LogP contribution in [0.15, 0.2) is 0 Å². The minimum atomic E-state index is 0.00222. The summed E-state index contributed by atoms with van der Waals surface area (Å²) in [5.74, 6) is 1.23. The van der Waals surface area contributed by atoms with Gasteiger partial charge in [-0.1, -0.05) is 20.8 Å². The van der Waals surface area contributed by atoms with Gasteiger partial charge in [0.15, 0.2) is 0 Å². The predicted octanol–water partition coefficient (Wildman–Crippen LogP) is 0.988. The van der Waals surface area contributed by atoms with E-state index in [1.165, 1.54) is 6.42 Å². The molecule has 1 aliphatic carbocycles. The highest BCUT2D eigenvalue weighted by molar-refractivity contribution is 5.05. The Morgan fingerprint density at radius 1 is 1.64 bits per heavy atom. The number of hydrogen-bond acceptors (Lipinski definition) is 2. The Balaban J connectivity index is 2.46. The largest absolute Gasteiger partial charge is 0.395 e. The van der Waals surface area contributed by atoms with Gasteiger partial charge in [0.1, 0.15) is 0 Å². The van der Waals surface area contributed by atoms with Crippen LogP contribution in [0.25, 0.3) is 0 Å². The summed E-state index contributed by atoms with van der Waals surface area (Å²) in [6.45, 7) is 6.85. The Morgan fingerprint density at radius 2 is 2.18 bits per heavy atom. The van der Waals surface area contributed by atoms with E-state index in [1.54, 1.807) is 0 Å². The van der Waals surface area contributed by atoms with Gasteiger partial charge in [0.25, 0.3) is 0 Å². The van der Waals surface area contributed by atoms with E-state index in [4.69, 9.17) is 10.8 Å². The van der Waals surface area contributed by atoms with E-state index in [0.717, 1.165) is 0 Å². The molecule has 0 amide bonds. The first-order valence-corrected chi connectivity index (χ1v) is 4.38. The minimum Gasteiger partial charge on any atom is -0.395 e. The van der Waals surface area contributed by atoms with Crippen molar-refractivity contribution < 1.29 is 5.11 Å². The summed E-state index contributed by atoms with van der Waals surface area (Å²) in [5.41, 5.74) is 6.15. The van der Waals surface area contributed by atoms with Crippen LogP contribution in [0.2, 0.25) is 0 Å². The smallest absolute Gasteiger partial charge is 0.0585 e. The lowest BCUT2D eigenvalue weighted by Gasteiger charge is -2.18. The highest BCUT2D eigenvalue weighted by Crippen LogP contribution is 2.58. The van der Waals surface area contributed by atoms with Crippen LogP contribution < -0.4 is 5.73 Å². The Morgan fingerprint density at radius 3 is 2.45 bits per heavy atom. The average molecular weight is 157 g/mol. The van der Waals surface area contributed by atoms with Gasteiger partial charge in [-0.05, 0) is 23.7 Å². The fraction of sp³-hybridized carbons (Fsp3) is 1.00. The third-order valence-corrected chi connectivity index (χ3v) is 3.39. The van der Waals surface area contributed by atoms with Crippen molar-refractivity contribution >= 4 is 0 Å². The fourth-order valence-corrected chi connectivity index (χ4v) is 1.85. The molecular weight excluding hydrogens is 138 g/mol. The monoisotopic (exact) mass is 157 g/mol. The maximum Gasteiger partial charge on any atom is 0.0585 e. The van der Waals surface area contributed by atoms with Crippen LogP contribution in [0, 0.1) is 17.3 Å². The topological polar surface area (TPSA) is 46.2 Å². The summed E-state index contributed by atoms with van der Waals surface area (Å²) in [7, 11) is 0. The molecule has 0 bridgehead atoms. The van der Waals surface area contributed by atoms with E-state index in [0.29, 0.717) is 17.3 Å². The van der Waals surface area contributed by atoms with Crippen LogP contribution in [-0.2, 0) is 0 Å². The second-order valence-electron chi connectivity index (χ2n) is 4.32. The maximum absolute atomic E-state index is 8.83. The first-order chi connectivity index (χ1) is 5.02. The van der Waals surface area contributed by atoms with E-state index >= 15 is 0 Å². The van der Waals surface area contributed by atoms with Gasteiger partial charge in [0.05, 0.1) is 6.61 Å². The lowest BCUT2D eigenvalue weighted by atomic mass is 9.90. The third-order valence-electron chi connectivity index (χ3n) is 3.39. The van der Waals surface area contributed by atoms with Crippen molar-refractivity contribution in [3.63, 3.8) is 0 Å². The normalized spacial score (nSPS) is 39.3. The Kier molecular flexibility index (Phi) is 2.26. The molecule has 11 heavy (non-hydrogen) atoms. The summed E-state index contributed by atoms with van der Waals surface area (Å²) < 4.78 is 0. The second-order valence-corrected chi connectivity index (χ2v) is 4.32. The van der Waals surface area contributed by atoms with Crippen LogP contribution >= 0.6 is 0 Å². The van der Waals surface area contributed by atoms with Crippen LogP contribution in [0.4, 0.5) is 0 Å². The van der Waals surface area contributed by atoms with Gasteiger partial charge >= 0.3 is 0 Å². The number of nitrogens with two attached hydrogens (primary N) is 1. The van der Waals surface area contributed by atoms with Crippen molar-refractivity contribution in [2.45, 2.75) is 33.2 Å². The molecule has 3 N–H and O–H groups in total. The van der Waals surface area contributed by atoms with Gasteiger partial charge in [0, 0.05) is 6.04 Å². The van der Waals surface area contributed by atoms with Crippen molar-refractivity contribution in [1.29, 1.82) is 0 Å². The van der Waals surface area contributed by atoms with Crippen molar-refractivity contribution in [1.82, 2.24) is 0 Å². The number of aliphatic hydroxyl groups is 1. The Bertz CT molecular complexity index is 146. The van der Waals surface area contributed by atoms with Crippen LogP contribution in [0.5, 0.6) is 0 Å². The molecule has 66 valence electrons. The third kappa shape index (κ3) is 1.42. The first-order valence-electron chi connectivity index (χ1n) is 4.38. The molecule has 0 heterocycles. The quantitative estimate of drug-likeness (QED) is 0.641. The minimum absolute atomic E-state index is 0.00222. The number of rotatable bonds is 3. The molecule has 1 fully saturated rings. The highest BCUT2D eigenvalue weighted by Gasteiger charge is 2.54. The van der Waals surface area contributed by atoms with E-state index < -0.39 is 0 Å².